The van der Waals surface area contributed by atoms with E-state index in [1.807, 2.05) is 0 Å². The van der Waals surface area contributed by atoms with Gasteiger partial charge in [-0.2, -0.15) is 0 Å². The molecule has 3 rings (SSSR count). The van der Waals surface area contributed by atoms with Gasteiger partial charge in [0.1, 0.15) is 6.04 Å². The van der Waals surface area contributed by atoms with Crippen LogP contribution in [-0.2, 0) is 4.79 Å². The van der Waals surface area contributed by atoms with E-state index in [0.717, 1.165) is 12.8 Å². The summed E-state index contributed by atoms with van der Waals surface area (Å²) in [6.45, 7) is 1.40. The molecule has 0 aromatic heterocycles. The summed E-state index contributed by atoms with van der Waals surface area (Å²) in [6, 6.07) is 3.62. The van der Waals surface area contributed by atoms with Gasteiger partial charge in [-0.25, -0.2) is 9.59 Å². The molecule has 0 aliphatic carbocycles. The van der Waals surface area contributed by atoms with Gasteiger partial charge in [0.05, 0.1) is 10.7 Å². The Morgan fingerprint density at radius 3 is 2.71 bits per heavy atom. The van der Waals surface area contributed by atoms with Gasteiger partial charge in [0, 0.05) is 25.2 Å². The number of anilines is 1. The molecule has 7 nitrogen and oxygen atoms in total. The van der Waals surface area contributed by atoms with Gasteiger partial charge in [0.15, 0.2) is 0 Å². The van der Waals surface area contributed by atoms with Gasteiger partial charge in [0.25, 0.3) is 5.91 Å². The van der Waals surface area contributed by atoms with Crippen LogP contribution in [-0.4, -0.2) is 53.6 Å². The molecular formula is C16H18ClN3O4. The van der Waals surface area contributed by atoms with Crippen LogP contribution in [0.1, 0.15) is 29.6 Å². The Morgan fingerprint density at radius 2 is 2.04 bits per heavy atom. The molecule has 3 amide bonds. The second-order valence-corrected chi connectivity index (χ2v) is 6.31. The van der Waals surface area contributed by atoms with Crippen molar-refractivity contribution in [1.29, 1.82) is 0 Å². The standard InChI is InChI=1S/C16H18ClN3O4/c17-11-5-4-10(9-13(11)20-8-6-18-16(20)24)14(21)19-7-2-1-3-12(19)15(22)23/h4-5,9,12H,1-3,6-8H2,(H,18,24)(H,22,23). The molecule has 2 saturated heterocycles. The van der Waals surface area contributed by atoms with Crippen LogP contribution in [0.25, 0.3) is 0 Å². The maximum atomic E-state index is 12.8. The van der Waals surface area contributed by atoms with Gasteiger partial charge in [-0.15, -0.1) is 0 Å². The summed E-state index contributed by atoms with van der Waals surface area (Å²) < 4.78 is 0. The number of amides is 3. The van der Waals surface area contributed by atoms with E-state index < -0.39 is 12.0 Å². The second-order valence-electron chi connectivity index (χ2n) is 5.90. The number of hydrogen-bond donors (Lipinski definition) is 2. The van der Waals surface area contributed by atoms with Crippen molar-refractivity contribution in [3.63, 3.8) is 0 Å². The number of hydrogen-bond acceptors (Lipinski definition) is 3. The Kier molecular flexibility index (Phi) is 4.62. The van der Waals surface area contributed by atoms with Crippen LogP contribution in [0.3, 0.4) is 0 Å². The van der Waals surface area contributed by atoms with Crippen molar-refractivity contribution in [2.75, 3.05) is 24.5 Å². The van der Waals surface area contributed by atoms with Crippen LogP contribution in [0.5, 0.6) is 0 Å². The molecule has 2 fully saturated rings. The van der Waals surface area contributed by atoms with Gasteiger partial charge >= 0.3 is 12.0 Å². The lowest BCUT2D eigenvalue weighted by molar-refractivity contribution is -0.143. The topological polar surface area (TPSA) is 89.9 Å². The highest BCUT2D eigenvalue weighted by molar-refractivity contribution is 6.34. The first-order chi connectivity index (χ1) is 11.5. The Hall–Kier alpha value is -2.28. The van der Waals surface area contributed by atoms with Crippen LogP contribution in [0.15, 0.2) is 18.2 Å². The molecule has 0 saturated carbocycles. The molecule has 1 aromatic carbocycles. The van der Waals surface area contributed by atoms with Gasteiger partial charge in [-0.1, -0.05) is 11.6 Å². The fourth-order valence-electron chi connectivity index (χ4n) is 3.15. The molecule has 1 aromatic rings. The molecule has 0 spiro atoms. The summed E-state index contributed by atoms with van der Waals surface area (Å²) in [5, 5.41) is 12.4. The minimum absolute atomic E-state index is 0.261. The lowest BCUT2D eigenvalue weighted by Gasteiger charge is -2.33. The Balaban J connectivity index is 1.90. The van der Waals surface area contributed by atoms with Crippen LogP contribution in [0.4, 0.5) is 10.5 Å². The number of likely N-dealkylation sites (tertiary alicyclic amines) is 1. The number of benzene rings is 1. The smallest absolute Gasteiger partial charge is 0.326 e. The van der Waals surface area contributed by atoms with E-state index in [1.165, 1.54) is 9.80 Å². The number of carbonyl (C=O) groups is 3. The highest BCUT2D eigenvalue weighted by atomic mass is 35.5. The molecule has 24 heavy (non-hydrogen) atoms. The summed E-state index contributed by atoms with van der Waals surface area (Å²) in [7, 11) is 0. The third-order valence-corrected chi connectivity index (χ3v) is 4.71. The number of carboxylic acids is 1. The van der Waals surface area contributed by atoms with Gasteiger partial charge < -0.3 is 15.3 Å². The molecule has 0 radical (unpaired) electrons. The van der Waals surface area contributed by atoms with Gasteiger partial charge in [0.2, 0.25) is 0 Å². The monoisotopic (exact) mass is 351 g/mol. The molecular weight excluding hydrogens is 334 g/mol. The molecule has 2 aliphatic rings. The van der Waals surface area contributed by atoms with Crippen molar-refractivity contribution in [3.05, 3.63) is 28.8 Å². The third kappa shape index (κ3) is 3.03. The first-order valence-corrected chi connectivity index (χ1v) is 8.25. The number of halogens is 1. The van der Waals surface area contributed by atoms with E-state index in [-0.39, 0.29) is 11.9 Å². The minimum Gasteiger partial charge on any atom is -0.480 e. The zero-order chi connectivity index (χ0) is 17.3. The summed E-state index contributed by atoms with van der Waals surface area (Å²) >= 11 is 6.17. The number of nitrogens with zero attached hydrogens (tertiary/aromatic N) is 2. The lowest BCUT2D eigenvalue weighted by atomic mass is 10.0. The SMILES string of the molecule is O=C(O)C1CCCCN1C(=O)c1ccc(Cl)c(N2CCNC2=O)c1. The van der Waals surface area contributed by atoms with Crippen molar-refractivity contribution >= 4 is 35.2 Å². The number of carboxylic acid groups (broad SMARTS) is 1. The van der Waals surface area contributed by atoms with Gasteiger partial charge in [-0.3, -0.25) is 9.69 Å². The van der Waals surface area contributed by atoms with E-state index in [0.29, 0.717) is 42.3 Å². The Labute approximate surface area is 144 Å². The van der Waals surface area contributed by atoms with E-state index in [2.05, 4.69) is 5.32 Å². The zero-order valence-electron chi connectivity index (χ0n) is 13.0. The first-order valence-electron chi connectivity index (χ1n) is 7.87. The quantitative estimate of drug-likeness (QED) is 0.871. The predicted molar refractivity (Wildman–Crippen MR) is 88.5 cm³/mol. The van der Waals surface area contributed by atoms with Crippen LogP contribution in [0, 0.1) is 0 Å². The number of aliphatic carboxylic acids is 1. The van der Waals surface area contributed by atoms with Crippen molar-refractivity contribution in [2.24, 2.45) is 0 Å². The number of piperidine rings is 1. The lowest BCUT2D eigenvalue weighted by Crippen LogP contribution is -2.48. The molecule has 1 atom stereocenters. The van der Waals surface area contributed by atoms with Crippen LogP contribution < -0.4 is 10.2 Å². The Bertz CT molecular complexity index is 694. The largest absolute Gasteiger partial charge is 0.480 e. The van der Waals surface area contributed by atoms with E-state index in [9.17, 15) is 19.5 Å². The predicted octanol–water partition coefficient (Wildman–Crippen LogP) is 1.95. The summed E-state index contributed by atoms with van der Waals surface area (Å²) in [5.41, 5.74) is 0.795. The molecule has 8 heteroatoms. The zero-order valence-corrected chi connectivity index (χ0v) is 13.8. The number of urea groups is 1. The molecule has 128 valence electrons. The fourth-order valence-corrected chi connectivity index (χ4v) is 3.37. The summed E-state index contributed by atoms with van der Waals surface area (Å²) in [4.78, 5) is 38.9. The van der Waals surface area contributed by atoms with Crippen molar-refractivity contribution in [1.82, 2.24) is 10.2 Å². The van der Waals surface area contributed by atoms with Crippen molar-refractivity contribution < 1.29 is 19.5 Å². The summed E-state index contributed by atoms with van der Waals surface area (Å²) in [6.07, 6.45) is 2.03. The molecule has 1 unspecified atom stereocenters. The van der Waals surface area contributed by atoms with Crippen LogP contribution >= 0.6 is 11.6 Å². The fraction of sp³-hybridized carbons (Fsp3) is 0.438. The Morgan fingerprint density at radius 1 is 1.25 bits per heavy atom. The number of nitrogens with one attached hydrogen (secondary N) is 1. The van der Waals surface area contributed by atoms with Gasteiger partial charge in [-0.05, 0) is 37.5 Å². The first kappa shape index (κ1) is 16.6. The van der Waals surface area contributed by atoms with Crippen molar-refractivity contribution in [2.45, 2.75) is 25.3 Å². The maximum Gasteiger partial charge on any atom is 0.326 e. The molecule has 2 heterocycles. The number of carbonyl (C=O) groups excluding carboxylic acids is 2. The summed E-state index contributed by atoms with van der Waals surface area (Å²) in [5.74, 6) is -1.34. The molecule has 2 N–H and O–H groups in total. The maximum absolute atomic E-state index is 12.8. The average molecular weight is 352 g/mol. The average Bonchev–Trinajstić information content (AvgIpc) is 3.00. The van der Waals surface area contributed by atoms with E-state index in [1.54, 1.807) is 18.2 Å². The third-order valence-electron chi connectivity index (χ3n) is 4.39. The second kappa shape index (κ2) is 6.68. The normalized spacial score (nSPS) is 20.9. The highest BCUT2D eigenvalue weighted by Gasteiger charge is 2.33. The van der Waals surface area contributed by atoms with Crippen molar-refractivity contribution in [3.8, 4) is 0 Å². The number of rotatable bonds is 3. The highest BCUT2D eigenvalue weighted by Crippen LogP contribution is 2.29. The molecule has 2 aliphatic heterocycles. The van der Waals surface area contributed by atoms with Crippen LogP contribution in [0.2, 0.25) is 5.02 Å². The van der Waals surface area contributed by atoms with E-state index >= 15 is 0 Å². The molecule has 0 bridgehead atoms. The minimum atomic E-state index is -0.990. The van der Waals surface area contributed by atoms with E-state index in [4.69, 9.17) is 11.6 Å².